The van der Waals surface area contributed by atoms with Crippen LogP contribution in [0.15, 0.2) is 54.6 Å². The van der Waals surface area contributed by atoms with E-state index in [0.29, 0.717) is 45.8 Å². The molecule has 0 unspecified atom stereocenters. The first-order valence-corrected chi connectivity index (χ1v) is 9.04. The summed E-state index contributed by atoms with van der Waals surface area (Å²) in [6, 6.07) is 17.9. The van der Waals surface area contributed by atoms with Gasteiger partial charge in [0.25, 0.3) is 0 Å². The summed E-state index contributed by atoms with van der Waals surface area (Å²) in [6.45, 7) is 2.57. The van der Waals surface area contributed by atoms with Crippen molar-refractivity contribution in [1.82, 2.24) is 5.32 Å². The minimum Gasteiger partial charge on any atom is -0.489 e. The molecule has 0 bridgehead atoms. The molecule has 1 heterocycles. The van der Waals surface area contributed by atoms with E-state index in [1.165, 1.54) is 0 Å². The van der Waals surface area contributed by atoms with Gasteiger partial charge in [-0.2, -0.15) is 0 Å². The molecule has 1 amide bonds. The predicted molar refractivity (Wildman–Crippen MR) is 108 cm³/mol. The fourth-order valence-corrected chi connectivity index (χ4v) is 3.10. The monoisotopic (exact) mass is 390 g/mol. The number of hydrogen-bond donors (Lipinski definition) is 2. The summed E-state index contributed by atoms with van der Waals surface area (Å²) in [5, 5.41) is 3.02. The molecule has 1 aliphatic rings. The number of amides is 1. The van der Waals surface area contributed by atoms with Crippen molar-refractivity contribution in [2.45, 2.75) is 26.0 Å². The Bertz CT molecular complexity index is 701. The van der Waals surface area contributed by atoms with Gasteiger partial charge in [-0.15, -0.1) is 12.4 Å². The van der Waals surface area contributed by atoms with Gasteiger partial charge < -0.3 is 20.5 Å². The van der Waals surface area contributed by atoms with Crippen LogP contribution in [0, 0.1) is 5.41 Å². The van der Waals surface area contributed by atoms with E-state index in [1.807, 2.05) is 54.6 Å². The molecule has 6 heteroatoms. The van der Waals surface area contributed by atoms with E-state index >= 15 is 0 Å². The number of hydrogen-bond acceptors (Lipinski definition) is 4. The summed E-state index contributed by atoms with van der Waals surface area (Å²) >= 11 is 0. The minimum absolute atomic E-state index is 0. The van der Waals surface area contributed by atoms with Crippen LogP contribution in [-0.4, -0.2) is 25.7 Å². The van der Waals surface area contributed by atoms with Crippen LogP contribution >= 0.6 is 12.4 Å². The van der Waals surface area contributed by atoms with Crippen molar-refractivity contribution in [3.05, 3.63) is 65.7 Å². The van der Waals surface area contributed by atoms with Crippen molar-refractivity contribution < 1.29 is 14.3 Å². The molecule has 3 N–H and O–H groups in total. The maximum absolute atomic E-state index is 12.6. The summed E-state index contributed by atoms with van der Waals surface area (Å²) < 4.78 is 11.1. The SMILES string of the molecule is Cl.NCC1(C(=O)NCc2ccc(OCc3ccccc3)cc2)CCOCC1. The maximum Gasteiger partial charge on any atom is 0.227 e. The maximum atomic E-state index is 12.6. The lowest BCUT2D eigenvalue weighted by Gasteiger charge is -2.34. The number of nitrogens with one attached hydrogen (secondary N) is 1. The molecule has 1 aliphatic heterocycles. The highest BCUT2D eigenvalue weighted by atomic mass is 35.5. The third-order valence-electron chi connectivity index (χ3n) is 4.95. The highest BCUT2D eigenvalue weighted by Gasteiger charge is 2.38. The molecule has 1 fully saturated rings. The highest BCUT2D eigenvalue weighted by Crippen LogP contribution is 2.29. The van der Waals surface area contributed by atoms with Gasteiger partial charge in [0.2, 0.25) is 5.91 Å². The topological polar surface area (TPSA) is 73.6 Å². The summed E-state index contributed by atoms with van der Waals surface area (Å²) in [6.07, 6.45) is 1.36. The van der Waals surface area contributed by atoms with E-state index in [2.05, 4.69) is 5.32 Å². The summed E-state index contributed by atoms with van der Waals surface area (Å²) in [7, 11) is 0. The quantitative estimate of drug-likeness (QED) is 0.762. The van der Waals surface area contributed by atoms with Crippen LogP contribution in [0.4, 0.5) is 0 Å². The van der Waals surface area contributed by atoms with Crippen molar-refractivity contribution >= 4 is 18.3 Å². The van der Waals surface area contributed by atoms with E-state index in [-0.39, 0.29) is 18.3 Å². The lowest BCUT2D eigenvalue weighted by Crippen LogP contribution is -2.48. The normalized spacial score (nSPS) is 15.4. The van der Waals surface area contributed by atoms with Crippen LogP contribution in [0.1, 0.15) is 24.0 Å². The molecule has 0 radical (unpaired) electrons. The van der Waals surface area contributed by atoms with Gasteiger partial charge in [0, 0.05) is 26.3 Å². The average Bonchev–Trinajstić information content (AvgIpc) is 2.72. The Morgan fingerprint density at radius 1 is 1.04 bits per heavy atom. The van der Waals surface area contributed by atoms with Crippen LogP contribution in [0.3, 0.4) is 0 Å². The molecule has 1 saturated heterocycles. The Morgan fingerprint density at radius 3 is 2.33 bits per heavy atom. The number of benzene rings is 2. The molecule has 3 rings (SSSR count). The molecular formula is C21H27ClN2O3. The Hall–Kier alpha value is -2.08. The number of carbonyl (C=O) groups is 1. The second-order valence-electron chi connectivity index (χ2n) is 6.70. The van der Waals surface area contributed by atoms with Gasteiger partial charge in [-0.05, 0) is 36.1 Å². The van der Waals surface area contributed by atoms with Crippen molar-refractivity contribution in [3.8, 4) is 5.75 Å². The molecular weight excluding hydrogens is 364 g/mol. The van der Waals surface area contributed by atoms with Crippen molar-refractivity contribution in [2.24, 2.45) is 11.1 Å². The minimum atomic E-state index is -0.489. The Labute approximate surface area is 166 Å². The molecule has 0 atom stereocenters. The zero-order chi connectivity index (χ0) is 18.2. The molecule has 5 nitrogen and oxygen atoms in total. The number of nitrogens with two attached hydrogens (primary N) is 1. The molecule has 27 heavy (non-hydrogen) atoms. The molecule has 0 aliphatic carbocycles. The van der Waals surface area contributed by atoms with Gasteiger partial charge in [0.1, 0.15) is 12.4 Å². The molecule has 2 aromatic rings. The first-order chi connectivity index (χ1) is 12.7. The summed E-state index contributed by atoms with van der Waals surface area (Å²) in [5.41, 5.74) is 7.55. The van der Waals surface area contributed by atoms with E-state index in [1.54, 1.807) is 0 Å². The zero-order valence-corrected chi connectivity index (χ0v) is 16.2. The molecule has 0 saturated carbocycles. The van der Waals surface area contributed by atoms with Gasteiger partial charge in [0.05, 0.1) is 5.41 Å². The van der Waals surface area contributed by atoms with Gasteiger partial charge in [-0.25, -0.2) is 0 Å². The second kappa shape index (κ2) is 10.3. The van der Waals surface area contributed by atoms with E-state index < -0.39 is 5.41 Å². The lowest BCUT2D eigenvalue weighted by atomic mass is 9.79. The fraction of sp³-hybridized carbons (Fsp3) is 0.381. The number of rotatable bonds is 7. The van der Waals surface area contributed by atoms with E-state index in [4.69, 9.17) is 15.2 Å². The molecule has 146 valence electrons. The summed E-state index contributed by atoms with van der Waals surface area (Å²) in [5.74, 6) is 0.833. The van der Waals surface area contributed by atoms with Gasteiger partial charge >= 0.3 is 0 Å². The van der Waals surface area contributed by atoms with Crippen LogP contribution in [-0.2, 0) is 22.7 Å². The number of halogens is 1. The van der Waals surface area contributed by atoms with Gasteiger partial charge in [-0.3, -0.25) is 4.79 Å². The van der Waals surface area contributed by atoms with Crippen molar-refractivity contribution in [3.63, 3.8) is 0 Å². The lowest BCUT2D eigenvalue weighted by molar-refractivity contribution is -0.136. The second-order valence-corrected chi connectivity index (χ2v) is 6.70. The Morgan fingerprint density at radius 2 is 1.70 bits per heavy atom. The van der Waals surface area contributed by atoms with Gasteiger partial charge in [-0.1, -0.05) is 42.5 Å². The molecule has 0 spiro atoms. The van der Waals surface area contributed by atoms with Crippen LogP contribution in [0.5, 0.6) is 5.75 Å². The standard InChI is InChI=1S/C21H26N2O3.ClH/c22-16-21(10-12-25-13-11-21)20(24)23-14-17-6-8-19(9-7-17)26-15-18-4-2-1-3-5-18;/h1-9H,10-16,22H2,(H,23,24);1H. The highest BCUT2D eigenvalue weighted by molar-refractivity contribution is 5.85. The average molecular weight is 391 g/mol. The van der Waals surface area contributed by atoms with Crippen LogP contribution < -0.4 is 15.8 Å². The number of carbonyl (C=O) groups excluding carboxylic acids is 1. The first kappa shape index (κ1) is 21.2. The molecule has 0 aromatic heterocycles. The van der Waals surface area contributed by atoms with E-state index in [9.17, 15) is 4.79 Å². The van der Waals surface area contributed by atoms with Crippen molar-refractivity contribution in [2.75, 3.05) is 19.8 Å². The first-order valence-electron chi connectivity index (χ1n) is 9.04. The van der Waals surface area contributed by atoms with Gasteiger partial charge in [0.15, 0.2) is 0 Å². The van der Waals surface area contributed by atoms with Crippen molar-refractivity contribution in [1.29, 1.82) is 0 Å². The number of ether oxygens (including phenoxy) is 2. The largest absolute Gasteiger partial charge is 0.489 e. The van der Waals surface area contributed by atoms with Crippen LogP contribution in [0.2, 0.25) is 0 Å². The van der Waals surface area contributed by atoms with E-state index in [0.717, 1.165) is 16.9 Å². The fourth-order valence-electron chi connectivity index (χ4n) is 3.10. The zero-order valence-electron chi connectivity index (χ0n) is 15.4. The third-order valence-corrected chi connectivity index (χ3v) is 4.95. The smallest absolute Gasteiger partial charge is 0.227 e. The van der Waals surface area contributed by atoms with Crippen LogP contribution in [0.25, 0.3) is 0 Å². The Balaban J connectivity index is 0.00000261. The Kier molecular flexibility index (Phi) is 8.10. The predicted octanol–water partition coefficient (Wildman–Crippen LogP) is 3.06. The molecule has 2 aromatic carbocycles. The summed E-state index contributed by atoms with van der Waals surface area (Å²) in [4.78, 5) is 12.6. The third kappa shape index (κ3) is 5.70.